The zero-order valence-electron chi connectivity index (χ0n) is 9.98. The number of methoxy groups -OCH3 is 1. The van der Waals surface area contributed by atoms with E-state index in [9.17, 15) is 10.1 Å². The lowest BCUT2D eigenvalue weighted by molar-refractivity contribution is -0.384. The number of ether oxygens (including phenoxy) is 1. The van der Waals surface area contributed by atoms with Crippen molar-refractivity contribution in [3.63, 3.8) is 0 Å². The van der Waals surface area contributed by atoms with E-state index in [-0.39, 0.29) is 17.1 Å². The molecule has 1 aliphatic rings. The van der Waals surface area contributed by atoms with E-state index < -0.39 is 4.92 Å². The Hall–Kier alpha value is -1.21. The first-order valence-electron chi connectivity index (χ1n) is 5.65. The molecule has 1 aromatic heterocycles. The molecular weight excluding hydrogens is 302 g/mol. The summed E-state index contributed by atoms with van der Waals surface area (Å²) in [6, 6.07) is 1.44. The first-order valence-corrected chi connectivity index (χ1v) is 6.45. The summed E-state index contributed by atoms with van der Waals surface area (Å²) in [4.78, 5) is 14.5. The largest absolute Gasteiger partial charge is 0.376 e. The molecule has 98 valence electrons. The highest BCUT2D eigenvalue weighted by molar-refractivity contribution is 9.10. The molecule has 1 N–H and O–H groups in total. The van der Waals surface area contributed by atoms with Gasteiger partial charge in [-0.2, -0.15) is 0 Å². The van der Waals surface area contributed by atoms with Crippen molar-refractivity contribution in [3.05, 3.63) is 26.9 Å². The third-order valence-electron chi connectivity index (χ3n) is 3.31. The van der Waals surface area contributed by atoms with Crippen LogP contribution in [0.15, 0.2) is 16.7 Å². The average molecular weight is 316 g/mol. The van der Waals surface area contributed by atoms with Crippen molar-refractivity contribution in [2.24, 2.45) is 0 Å². The van der Waals surface area contributed by atoms with Crippen LogP contribution in [-0.4, -0.2) is 29.2 Å². The molecule has 18 heavy (non-hydrogen) atoms. The van der Waals surface area contributed by atoms with Crippen LogP contribution in [0, 0.1) is 10.1 Å². The van der Waals surface area contributed by atoms with Crippen LogP contribution in [0.4, 0.5) is 11.5 Å². The quantitative estimate of drug-likeness (QED) is 0.667. The summed E-state index contributed by atoms with van der Waals surface area (Å²) in [7, 11) is 1.67. The van der Waals surface area contributed by atoms with Crippen LogP contribution in [-0.2, 0) is 4.74 Å². The maximum atomic E-state index is 10.9. The highest BCUT2D eigenvalue weighted by atomic mass is 79.9. The van der Waals surface area contributed by atoms with E-state index in [1.54, 1.807) is 7.11 Å². The van der Waals surface area contributed by atoms with Gasteiger partial charge >= 0.3 is 5.69 Å². The summed E-state index contributed by atoms with van der Waals surface area (Å²) < 4.78 is 6.04. The molecule has 0 saturated heterocycles. The molecule has 0 aliphatic heterocycles. The molecule has 1 saturated carbocycles. The van der Waals surface area contributed by atoms with Gasteiger partial charge in [0.05, 0.1) is 10.5 Å². The van der Waals surface area contributed by atoms with Gasteiger partial charge in [-0.05, 0) is 35.2 Å². The molecule has 0 atom stereocenters. The third-order valence-corrected chi connectivity index (χ3v) is 3.74. The Balaban J connectivity index is 2.11. The molecule has 1 heterocycles. The number of nitro groups is 1. The van der Waals surface area contributed by atoms with Gasteiger partial charge in [0.1, 0.15) is 0 Å². The second kappa shape index (κ2) is 5.19. The van der Waals surface area contributed by atoms with Crippen LogP contribution < -0.4 is 5.32 Å². The molecule has 1 aliphatic carbocycles. The fourth-order valence-electron chi connectivity index (χ4n) is 1.97. The van der Waals surface area contributed by atoms with Crippen molar-refractivity contribution in [2.45, 2.75) is 24.9 Å². The van der Waals surface area contributed by atoms with E-state index in [0.29, 0.717) is 11.0 Å². The lowest BCUT2D eigenvalue weighted by Crippen LogP contribution is -2.45. The van der Waals surface area contributed by atoms with Crippen molar-refractivity contribution in [3.8, 4) is 0 Å². The highest BCUT2D eigenvalue weighted by Gasteiger charge is 2.37. The maximum Gasteiger partial charge on any atom is 0.312 e. The van der Waals surface area contributed by atoms with Gasteiger partial charge < -0.3 is 10.1 Å². The Kier molecular flexibility index (Phi) is 3.82. The lowest BCUT2D eigenvalue weighted by Gasteiger charge is -2.40. The van der Waals surface area contributed by atoms with E-state index >= 15 is 0 Å². The zero-order valence-corrected chi connectivity index (χ0v) is 11.6. The predicted octanol–water partition coefficient (Wildman–Crippen LogP) is 2.73. The van der Waals surface area contributed by atoms with Gasteiger partial charge in [0.15, 0.2) is 0 Å². The summed E-state index contributed by atoms with van der Waals surface area (Å²) in [5.41, 5.74) is -0.224. The van der Waals surface area contributed by atoms with Gasteiger partial charge in [-0.25, -0.2) is 4.98 Å². The Morgan fingerprint density at radius 3 is 2.89 bits per heavy atom. The fourth-order valence-corrected chi connectivity index (χ4v) is 2.29. The fraction of sp³-hybridized carbons (Fsp3) is 0.545. The van der Waals surface area contributed by atoms with Crippen LogP contribution in [0.3, 0.4) is 0 Å². The second-order valence-electron chi connectivity index (χ2n) is 4.37. The molecule has 0 radical (unpaired) electrons. The third kappa shape index (κ3) is 2.62. The smallest absolute Gasteiger partial charge is 0.312 e. The first-order chi connectivity index (χ1) is 8.56. The van der Waals surface area contributed by atoms with Gasteiger partial charge in [-0.3, -0.25) is 10.1 Å². The Labute approximate surface area is 113 Å². The monoisotopic (exact) mass is 315 g/mol. The summed E-state index contributed by atoms with van der Waals surface area (Å²) in [5, 5.41) is 13.9. The molecule has 0 amide bonds. The SMILES string of the molecule is COC1(CNc2ncc(Br)cc2[N+](=O)[O-])CCC1. The number of rotatable bonds is 5. The first kappa shape index (κ1) is 13.2. The average Bonchev–Trinajstić information content (AvgIpc) is 2.29. The normalized spacial score (nSPS) is 17.0. The molecule has 2 rings (SSSR count). The topological polar surface area (TPSA) is 77.3 Å². The number of aromatic nitrogens is 1. The number of hydrogen-bond acceptors (Lipinski definition) is 5. The number of hydrogen-bond donors (Lipinski definition) is 1. The maximum absolute atomic E-state index is 10.9. The van der Waals surface area contributed by atoms with Crippen LogP contribution in [0.5, 0.6) is 0 Å². The van der Waals surface area contributed by atoms with Crippen LogP contribution >= 0.6 is 15.9 Å². The molecule has 0 aromatic carbocycles. The predicted molar refractivity (Wildman–Crippen MR) is 70.7 cm³/mol. The molecule has 1 aromatic rings. The molecule has 1 fully saturated rings. The van der Waals surface area contributed by atoms with Crippen molar-refractivity contribution in [1.29, 1.82) is 0 Å². The van der Waals surface area contributed by atoms with Gasteiger partial charge in [0.25, 0.3) is 0 Å². The van der Waals surface area contributed by atoms with Gasteiger partial charge in [0.2, 0.25) is 5.82 Å². The Morgan fingerprint density at radius 2 is 2.39 bits per heavy atom. The van der Waals surface area contributed by atoms with E-state index in [1.165, 1.54) is 12.3 Å². The van der Waals surface area contributed by atoms with Crippen molar-refractivity contribution in [2.75, 3.05) is 19.0 Å². The van der Waals surface area contributed by atoms with E-state index in [4.69, 9.17) is 4.74 Å². The molecular formula is C11H14BrN3O3. The lowest BCUT2D eigenvalue weighted by atomic mass is 9.80. The number of halogens is 1. The second-order valence-corrected chi connectivity index (χ2v) is 5.29. The summed E-state index contributed by atoms with van der Waals surface area (Å²) >= 11 is 3.17. The number of nitrogens with zero attached hydrogens (tertiary/aromatic N) is 2. The molecule has 0 unspecified atom stereocenters. The minimum Gasteiger partial charge on any atom is -0.376 e. The minimum absolute atomic E-state index is 0.0325. The summed E-state index contributed by atoms with van der Waals surface area (Å²) in [6.07, 6.45) is 4.61. The molecule has 7 heteroatoms. The minimum atomic E-state index is -0.444. The van der Waals surface area contributed by atoms with Crippen LogP contribution in [0.25, 0.3) is 0 Å². The van der Waals surface area contributed by atoms with E-state index in [1.807, 2.05) is 0 Å². The standard InChI is InChI=1S/C11H14BrN3O3/c1-18-11(3-2-4-11)7-14-10-9(15(16)17)5-8(12)6-13-10/h5-6H,2-4,7H2,1H3,(H,13,14). The van der Waals surface area contributed by atoms with E-state index in [0.717, 1.165) is 19.3 Å². The molecule has 6 nitrogen and oxygen atoms in total. The molecule has 0 bridgehead atoms. The van der Waals surface area contributed by atoms with Gasteiger partial charge in [-0.1, -0.05) is 0 Å². The Bertz CT molecular complexity index is 457. The molecule has 0 spiro atoms. The van der Waals surface area contributed by atoms with Crippen molar-refractivity contribution in [1.82, 2.24) is 4.98 Å². The van der Waals surface area contributed by atoms with Gasteiger partial charge in [0, 0.05) is 30.4 Å². The Morgan fingerprint density at radius 1 is 1.67 bits per heavy atom. The van der Waals surface area contributed by atoms with Crippen LogP contribution in [0.2, 0.25) is 0 Å². The zero-order chi connectivity index (χ0) is 13.2. The van der Waals surface area contributed by atoms with Crippen molar-refractivity contribution < 1.29 is 9.66 Å². The summed E-state index contributed by atoms with van der Waals surface area (Å²) in [6.45, 7) is 0.541. The number of anilines is 1. The van der Waals surface area contributed by atoms with Gasteiger partial charge in [-0.15, -0.1) is 0 Å². The van der Waals surface area contributed by atoms with Crippen molar-refractivity contribution >= 4 is 27.4 Å². The summed E-state index contributed by atoms with van der Waals surface area (Å²) in [5.74, 6) is 0.284. The van der Waals surface area contributed by atoms with E-state index in [2.05, 4.69) is 26.2 Å². The number of pyridine rings is 1. The van der Waals surface area contributed by atoms with Crippen LogP contribution in [0.1, 0.15) is 19.3 Å². The number of nitrogens with one attached hydrogen (secondary N) is 1. The highest BCUT2D eigenvalue weighted by Crippen LogP contribution is 2.35.